The molecular formula is C11H15NO3S2. The number of carboxylic acid groups (broad SMARTS) is 1. The summed E-state index contributed by atoms with van der Waals surface area (Å²) in [5, 5.41) is 13.3. The van der Waals surface area contributed by atoms with Gasteiger partial charge in [0.2, 0.25) is 5.91 Å². The van der Waals surface area contributed by atoms with Gasteiger partial charge >= 0.3 is 5.97 Å². The Kier molecular flexibility index (Phi) is 6.07. The van der Waals surface area contributed by atoms with E-state index in [9.17, 15) is 9.59 Å². The zero-order chi connectivity index (χ0) is 12.7. The van der Waals surface area contributed by atoms with Crippen LogP contribution < -0.4 is 5.32 Å². The van der Waals surface area contributed by atoms with Crippen molar-refractivity contribution in [2.75, 3.05) is 11.5 Å². The fourth-order valence-corrected chi connectivity index (χ4v) is 2.74. The normalized spacial score (nSPS) is 12.1. The Hall–Kier alpha value is -1.01. The highest BCUT2D eigenvalue weighted by molar-refractivity contribution is 8.00. The molecule has 0 bridgehead atoms. The van der Waals surface area contributed by atoms with E-state index in [-0.39, 0.29) is 23.5 Å². The number of thioether (sulfide) groups is 1. The molecule has 0 saturated carbocycles. The number of nitrogens with one attached hydrogen (secondary N) is 1. The van der Waals surface area contributed by atoms with E-state index in [4.69, 9.17) is 5.11 Å². The molecule has 0 fully saturated rings. The van der Waals surface area contributed by atoms with Gasteiger partial charge in [0.15, 0.2) is 0 Å². The van der Waals surface area contributed by atoms with Gasteiger partial charge in [-0.2, -0.15) is 0 Å². The van der Waals surface area contributed by atoms with Gasteiger partial charge in [0.1, 0.15) is 0 Å². The van der Waals surface area contributed by atoms with E-state index < -0.39 is 5.97 Å². The first-order valence-corrected chi connectivity index (χ1v) is 7.29. The number of carboxylic acids is 1. The van der Waals surface area contributed by atoms with Gasteiger partial charge in [-0.15, -0.1) is 23.1 Å². The highest BCUT2D eigenvalue weighted by Gasteiger charge is 2.13. The molecule has 1 rings (SSSR count). The molecule has 6 heteroatoms. The Morgan fingerprint density at radius 2 is 2.29 bits per heavy atom. The topological polar surface area (TPSA) is 66.4 Å². The fourth-order valence-electron chi connectivity index (χ4n) is 1.33. The fraction of sp³-hybridized carbons (Fsp3) is 0.455. The molecule has 17 heavy (non-hydrogen) atoms. The van der Waals surface area contributed by atoms with Gasteiger partial charge in [-0.1, -0.05) is 13.0 Å². The summed E-state index contributed by atoms with van der Waals surface area (Å²) in [5.41, 5.74) is 0. The maximum Gasteiger partial charge on any atom is 0.313 e. The summed E-state index contributed by atoms with van der Waals surface area (Å²) < 4.78 is 0. The molecule has 0 radical (unpaired) electrons. The molecule has 1 aromatic heterocycles. The lowest BCUT2D eigenvalue weighted by atomic mass is 10.2. The van der Waals surface area contributed by atoms with Crippen LogP contribution in [0.1, 0.15) is 24.3 Å². The van der Waals surface area contributed by atoms with Crippen LogP contribution in [-0.4, -0.2) is 28.5 Å². The number of carbonyl (C=O) groups excluding carboxylic acids is 1. The Bertz CT molecular complexity index is 365. The predicted molar refractivity (Wildman–Crippen MR) is 70.5 cm³/mol. The lowest BCUT2D eigenvalue weighted by Crippen LogP contribution is -2.29. The Balaban J connectivity index is 2.36. The second kappa shape index (κ2) is 7.34. The molecule has 1 atom stereocenters. The summed E-state index contributed by atoms with van der Waals surface area (Å²) in [6, 6.07) is 3.98. The number of amides is 1. The molecule has 0 aliphatic carbocycles. The van der Waals surface area contributed by atoms with Crippen molar-refractivity contribution in [3.05, 3.63) is 22.4 Å². The maximum absolute atomic E-state index is 11.6. The van der Waals surface area contributed by atoms with E-state index in [1.165, 1.54) is 0 Å². The van der Waals surface area contributed by atoms with E-state index in [1.54, 1.807) is 11.3 Å². The second-order valence-corrected chi connectivity index (χ2v) is 5.40. The van der Waals surface area contributed by atoms with E-state index in [0.717, 1.165) is 23.1 Å². The molecule has 1 heterocycles. The quantitative estimate of drug-likeness (QED) is 0.798. The minimum atomic E-state index is -0.895. The van der Waals surface area contributed by atoms with Crippen molar-refractivity contribution in [2.45, 2.75) is 19.4 Å². The van der Waals surface area contributed by atoms with Crippen LogP contribution in [0.25, 0.3) is 0 Å². The van der Waals surface area contributed by atoms with Crippen molar-refractivity contribution >= 4 is 35.0 Å². The van der Waals surface area contributed by atoms with E-state index in [2.05, 4.69) is 5.32 Å². The van der Waals surface area contributed by atoms with Gasteiger partial charge < -0.3 is 10.4 Å². The van der Waals surface area contributed by atoms with Crippen molar-refractivity contribution in [3.63, 3.8) is 0 Å². The van der Waals surface area contributed by atoms with Crippen molar-refractivity contribution in [2.24, 2.45) is 0 Å². The monoisotopic (exact) mass is 273 g/mol. The van der Waals surface area contributed by atoms with Crippen LogP contribution in [0.2, 0.25) is 0 Å². The maximum atomic E-state index is 11.6. The first-order chi connectivity index (χ1) is 8.13. The van der Waals surface area contributed by atoms with E-state index >= 15 is 0 Å². The SMILES string of the molecule is CCC(NC(=O)CSCC(=O)O)c1cccs1. The summed E-state index contributed by atoms with van der Waals surface area (Å²) in [6.07, 6.45) is 0.829. The van der Waals surface area contributed by atoms with Crippen molar-refractivity contribution in [1.82, 2.24) is 5.32 Å². The number of carbonyl (C=O) groups is 2. The standard InChI is InChI=1S/C11H15NO3S2/c1-2-8(9-4-3-5-17-9)12-10(13)6-16-7-11(14)15/h3-5,8H,2,6-7H2,1H3,(H,12,13)(H,14,15). The lowest BCUT2D eigenvalue weighted by molar-refractivity contribution is -0.133. The van der Waals surface area contributed by atoms with Gasteiger partial charge in [0.25, 0.3) is 0 Å². The van der Waals surface area contributed by atoms with Crippen LogP contribution in [0.5, 0.6) is 0 Å². The number of rotatable bonds is 7. The van der Waals surface area contributed by atoms with Crippen LogP contribution >= 0.6 is 23.1 Å². The molecule has 2 N–H and O–H groups in total. The largest absolute Gasteiger partial charge is 0.481 e. The summed E-state index contributed by atoms with van der Waals surface area (Å²) in [4.78, 5) is 23.0. The first kappa shape index (κ1) is 14.1. The molecule has 1 amide bonds. The molecular weight excluding hydrogens is 258 g/mol. The zero-order valence-corrected chi connectivity index (χ0v) is 11.1. The highest BCUT2D eigenvalue weighted by atomic mass is 32.2. The van der Waals surface area contributed by atoms with Crippen LogP contribution in [0.3, 0.4) is 0 Å². The van der Waals surface area contributed by atoms with Crippen LogP contribution in [0, 0.1) is 0 Å². The molecule has 1 unspecified atom stereocenters. The molecule has 0 aliphatic heterocycles. The Morgan fingerprint density at radius 1 is 1.53 bits per heavy atom. The molecule has 4 nitrogen and oxygen atoms in total. The Labute approximate surface area is 108 Å². The highest BCUT2D eigenvalue weighted by Crippen LogP contribution is 2.21. The van der Waals surface area contributed by atoms with Gasteiger partial charge in [0, 0.05) is 4.88 Å². The molecule has 0 saturated heterocycles. The van der Waals surface area contributed by atoms with Crippen LogP contribution in [0.4, 0.5) is 0 Å². The molecule has 0 aromatic carbocycles. The molecule has 0 spiro atoms. The number of hydrogen-bond acceptors (Lipinski definition) is 4. The number of aliphatic carboxylic acids is 1. The average Bonchev–Trinajstić information content (AvgIpc) is 2.78. The third kappa shape index (κ3) is 5.23. The summed E-state index contributed by atoms with van der Waals surface area (Å²) in [5.74, 6) is -0.859. The first-order valence-electron chi connectivity index (χ1n) is 5.25. The third-order valence-electron chi connectivity index (χ3n) is 2.09. The Morgan fingerprint density at radius 3 is 2.82 bits per heavy atom. The van der Waals surface area contributed by atoms with Crippen LogP contribution in [-0.2, 0) is 9.59 Å². The van der Waals surface area contributed by atoms with Gasteiger partial charge in [-0.25, -0.2) is 0 Å². The molecule has 1 aromatic rings. The smallest absolute Gasteiger partial charge is 0.313 e. The second-order valence-electron chi connectivity index (χ2n) is 3.43. The van der Waals surface area contributed by atoms with Crippen LogP contribution in [0.15, 0.2) is 17.5 Å². The minimum absolute atomic E-state index is 0.0351. The van der Waals surface area contributed by atoms with Crippen molar-refractivity contribution in [3.8, 4) is 0 Å². The third-order valence-corrected chi connectivity index (χ3v) is 3.99. The molecule has 0 aliphatic rings. The van der Waals surface area contributed by atoms with E-state index in [0.29, 0.717) is 0 Å². The summed E-state index contributed by atoms with van der Waals surface area (Å²) in [6.45, 7) is 2.01. The van der Waals surface area contributed by atoms with Crippen molar-refractivity contribution in [1.29, 1.82) is 0 Å². The van der Waals surface area contributed by atoms with Gasteiger partial charge in [-0.3, -0.25) is 9.59 Å². The van der Waals surface area contributed by atoms with Gasteiger partial charge in [0.05, 0.1) is 17.5 Å². The number of hydrogen-bond donors (Lipinski definition) is 2. The predicted octanol–water partition coefficient (Wildman–Crippen LogP) is 2.13. The minimum Gasteiger partial charge on any atom is -0.481 e. The summed E-state index contributed by atoms with van der Waals surface area (Å²) in [7, 11) is 0. The van der Waals surface area contributed by atoms with Crippen molar-refractivity contribution < 1.29 is 14.7 Å². The lowest BCUT2D eigenvalue weighted by Gasteiger charge is -2.15. The number of thiophene rings is 1. The van der Waals surface area contributed by atoms with Gasteiger partial charge in [-0.05, 0) is 17.9 Å². The van der Waals surface area contributed by atoms with E-state index in [1.807, 2.05) is 24.4 Å². The zero-order valence-electron chi connectivity index (χ0n) is 9.51. The summed E-state index contributed by atoms with van der Waals surface area (Å²) >= 11 is 2.72. The molecule has 94 valence electrons. The average molecular weight is 273 g/mol.